The monoisotopic (exact) mass is 319 g/mol. The maximum Gasteiger partial charge on any atom is 0.168 e. The number of nitrogens with two attached hydrogens (primary N) is 1. The van der Waals surface area contributed by atoms with Crippen LogP contribution in [0.1, 0.15) is 15.9 Å². The highest BCUT2D eigenvalue weighted by Gasteiger charge is 2.06. The highest BCUT2D eigenvalue weighted by molar-refractivity contribution is 5.80. The Kier molecular flexibility index (Phi) is 7.42. The van der Waals surface area contributed by atoms with Gasteiger partial charge in [0.05, 0.1) is 26.9 Å². The summed E-state index contributed by atoms with van der Waals surface area (Å²) < 4.78 is 15.0. The van der Waals surface area contributed by atoms with Crippen LogP contribution in [-0.4, -0.2) is 32.7 Å². The minimum Gasteiger partial charge on any atom is -0.504 e. The highest BCUT2D eigenvalue weighted by Crippen LogP contribution is 2.30. The first-order valence-corrected chi connectivity index (χ1v) is 6.83. The van der Waals surface area contributed by atoms with E-state index in [1.165, 1.54) is 13.2 Å². The molecule has 0 amide bonds. The lowest BCUT2D eigenvalue weighted by Gasteiger charge is -2.10. The summed E-state index contributed by atoms with van der Waals surface area (Å²) in [5.41, 5.74) is 6.71. The van der Waals surface area contributed by atoms with E-state index in [0.717, 1.165) is 17.1 Å². The summed E-state index contributed by atoms with van der Waals surface area (Å²) in [5, 5.41) is 9.23. The van der Waals surface area contributed by atoms with Gasteiger partial charge in [-0.25, -0.2) is 0 Å². The van der Waals surface area contributed by atoms with E-state index in [2.05, 4.69) is 0 Å². The molecule has 0 aliphatic carbocycles. The number of hydrogen-bond acceptors (Lipinski definition) is 6. The summed E-state index contributed by atoms with van der Waals surface area (Å²) in [7, 11) is 4.65. The second kappa shape index (κ2) is 9.32. The van der Waals surface area contributed by atoms with E-state index in [0.29, 0.717) is 18.6 Å². The molecule has 0 atom stereocenters. The number of aldehydes is 1. The van der Waals surface area contributed by atoms with Crippen LogP contribution < -0.4 is 19.9 Å². The van der Waals surface area contributed by atoms with Crippen LogP contribution in [0, 0.1) is 0 Å². The average molecular weight is 319 g/mol. The standard InChI is InChI=1S/C9H13NO2.C8H8O3/c1-11-8-5-3-4-7(6-10)9(8)12-2;1-11-7-4-2-3-6(5-9)8(7)10/h3-5H,6,10H2,1-2H3;2-5,10H,1H3. The molecule has 0 saturated carbocycles. The first-order valence-electron chi connectivity index (χ1n) is 6.83. The van der Waals surface area contributed by atoms with E-state index in [9.17, 15) is 9.90 Å². The van der Waals surface area contributed by atoms with Crippen molar-refractivity contribution in [1.82, 2.24) is 0 Å². The van der Waals surface area contributed by atoms with Gasteiger partial charge in [0.1, 0.15) is 0 Å². The van der Waals surface area contributed by atoms with Crippen LogP contribution in [0.15, 0.2) is 36.4 Å². The molecule has 0 unspecified atom stereocenters. The van der Waals surface area contributed by atoms with Crippen molar-refractivity contribution in [1.29, 1.82) is 0 Å². The Morgan fingerprint density at radius 1 is 1.00 bits per heavy atom. The van der Waals surface area contributed by atoms with Crippen molar-refractivity contribution in [3.63, 3.8) is 0 Å². The van der Waals surface area contributed by atoms with E-state index in [1.807, 2.05) is 18.2 Å². The molecule has 124 valence electrons. The molecule has 23 heavy (non-hydrogen) atoms. The Morgan fingerprint density at radius 2 is 1.61 bits per heavy atom. The topological polar surface area (TPSA) is 91.0 Å². The lowest BCUT2D eigenvalue weighted by atomic mass is 10.2. The fraction of sp³-hybridized carbons (Fsp3) is 0.235. The van der Waals surface area contributed by atoms with Gasteiger partial charge in [-0.1, -0.05) is 18.2 Å². The van der Waals surface area contributed by atoms with Gasteiger partial charge in [-0.15, -0.1) is 0 Å². The summed E-state index contributed by atoms with van der Waals surface area (Å²) in [5.74, 6) is 1.66. The molecule has 2 aromatic carbocycles. The van der Waals surface area contributed by atoms with Crippen LogP contribution in [-0.2, 0) is 6.54 Å². The molecule has 0 fully saturated rings. The normalized spacial score (nSPS) is 9.39. The third kappa shape index (κ3) is 4.62. The minimum absolute atomic E-state index is 0.106. The number of phenols is 1. The fourth-order valence-corrected chi connectivity index (χ4v) is 1.91. The number of rotatable bonds is 5. The molecule has 0 saturated heterocycles. The molecule has 0 aliphatic rings. The van der Waals surface area contributed by atoms with Gasteiger partial charge < -0.3 is 25.1 Å². The number of carbonyl (C=O) groups excluding carboxylic acids is 1. The Morgan fingerprint density at radius 3 is 2.13 bits per heavy atom. The van der Waals surface area contributed by atoms with Gasteiger partial charge in [0.25, 0.3) is 0 Å². The predicted octanol–water partition coefficient (Wildman–Crippen LogP) is 2.38. The van der Waals surface area contributed by atoms with E-state index in [-0.39, 0.29) is 11.3 Å². The number of hydrogen-bond donors (Lipinski definition) is 2. The predicted molar refractivity (Wildman–Crippen MR) is 87.5 cm³/mol. The van der Waals surface area contributed by atoms with Crippen LogP contribution in [0.25, 0.3) is 0 Å². The van der Waals surface area contributed by atoms with Crippen molar-refractivity contribution in [2.75, 3.05) is 21.3 Å². The molecule has 6 nitrogen and oxygen atoms in total. The van der Waals surface area contributed by atoms with Crippen molar-refractivity contribution < 1.29 is 24.1 Å². The van der Waals surface area contributed by atoms with E-state index >= 15 is 0 Å². The number of aromatic hydroxyl groups is 1. The van der Waals surface area contributed by atoms with Crippen molar-refractivity contribution in [3.8, 4) is 23.0 Å². The molecule has 0 aromatic heterocycles. The Hall–Kier alpha value is -2.73. The van der Waals surface area contributed by atoms with E-state index in [4.69, 9.17) is 19.9 Å². The maximum atomic E-state index is 10.3. The van der Waals surface area contributed by atoms with Gasteiger partial charge in [-0.05, 0) is 18.2 Å². The van der Waals surface area contributed by atoms with Crippen LogP contribution in [0.5, 0.6) is 23.0 Å². The average Bonchev–Trinajstić information content (AvgIpc) is 2.61. The number of methoxy groups -OCH3 is 3. The zero-order valence-electron chi connectivity index (χ0n) is 13.4. The molecule has 3 N–H and O–H groups in total. The van der Waals surface area contributed by atoms with Crippen molar-refractivity contribution >= 4 is 6.29 Å². The number of ether oxygens (including phenoxy) is 3. The zero-order valence-corrected chi connectivity index (χ0v) is 13.4. The summed E-state index contributed by atoms with van der Waals surface area (Å²) in [6.07, 6.45) is 0.581. The van der Waals surface area contributed by atoms with Gasteiger partial charge >= 0.3 is 0 Å². The smallest absolute Gasteiger partial charge is 0.168 e. The number of phenolic OH excluding ortho intramolecular Hbond substituents is 1. The highest BCUT2D eigenvalue weighted by atomic mass is 16.5. The van der Waals surface area contributed by atoms with Crippen LogP contribution in [0.4, 0.5) is 0 Å². The molecule has 0 bridgehead atoms. The minimum atomic E-state index is -0.106. The molecule has 2 aromatic rings. The lowest BCUT2D eigenvalue weighted by molar-refractivity contribution is 0.112. The van der Waals surface area contributed by atoms with E-state index in [1.54, 1.807) is 26.4 Å². The zero-order chi connectivity index (χ0) is 17.2. The van der Waals surface area contributed by atoms with Crippen molar-refractivity contribution in [2.45, 2.75) is 6.54 Å². The summed E-state index contributed by atoms with van der Waals surface area (Å²) in [6.45, 7) is 0.459. The van der Waals surface area contributed by atoms with Gasteiger partial charge in [0.2, 0.25) is 0 Å². The van der Waals surface area contributed by atoms with Crippen LogP contribution in [0.2, 0.25) is 0 Å². The second-order valence-electron chi connectivity index (χ2n) is 4.37. The Bertz CT molecular complexity index is 621. The second-order valence-corrected chi connectivity index (χ2v) is 4.37. The molecule has 6 heteroatoms. The first-order chi connectivity index (χ1) is 11.1. The van der Waals surface area contributed by atoms with Gasteiger partial charge in [0, 0.05) is 12.1 Å². The first kappa shape index (κ1) is 18.3. The largest absolute Gasteiger partial charge is 0.504 e. The molecule has 0 radical (unpaired) electrons. The number of para-hydroxylation sites is 2. The van der Waals surface area contributed by atoms with Crippen molar-refractivity contribution in [3.05, 3.63) is 47.5 Å². The molecule has 0 spiro atoms. The Balaban J connectivity index is 0.000000231. The summed E-state index contributed by atoms with van der Waals surface area (Å²) in [4.78, 5) is 10.3. The van der Waals surface area contributed by atoms with Crippen LogP contribution in [0.3, 0.4) is 0 Å². The quantitative estimate of drug-likeness (QED) is 0.822. The fourth-order valence-electron chi connectivity index (χ4n) is 1.91. The van der Waals surface area contributed by atoms with E-state index < -0.39 is 0 Å². The lowest BCUT2D eigenvalue weighted by Crippen LogP contribution is -2.01. The summed E-state index contributed by atoms with van der Waals surface area (Å²) in [6, 6.07) is 10.4. The molecular formula is C17H21NO5. The number of carbonyl (C=O) groups is 1. The third-order valence-corrected chi connectivity index (χ3v) is 3.08. The molecule has 2 rings (SSSR count). The van der Waals surface area contributed by atoms with Gasteiger partial charge in [-0.2, -0.15) is 0 Å². The van der Waals surface area contributed by atoms with Crippen LogP contribution >= 0.6 is 0 Å². The SMILES string of the molecule is COc1cccc(C=O)c1O.COc1cccc(CN)c1OC. The summed E-state index contributed by atoms with van der Waals surface area (Å²) >= 11 is 0. The molecule has 0 heterocycles. The van der Waals surface area contributed by atoms with Gasteiger partial charge in [0.15, 0.2) is 29.3 Å². The third-order valence-electron chi connectivity index (χ3n) is 3.08. The van der Waals surface area contributed by atoms with Gasteiger partial charge in [-0.3, -0.25) is 4.79 Å². The number of benzene rings is 2. The molecular weight excluding hydrogens is 298 g/mol. The molecule has 0 aliphatic heterocycles. The maximum absolute atomic E-state index is 10.3. The Labute approximate surface area is 135 Å². The van der Waals surface area contributed by atoms with Crippen molar-refractivity contribution in [2.24, 2.45) is 5.73 Å².